The normalized spacial score (nSPS) is 18.8. The van der Waals surface area contributed by atoms with Crippen molar-refractivity contribution in [1.82, 2.24) is 10.2 Å². The summed E-state index contributed by atoms with van der Waals surface area (Å²) in [5.74, 6) is 1.01. The molecule has 1 heterocycles. The van der Waals surface area contributed by atoms with E-state index in [2.05, 4.69) is 22.4 Å². The van der Waals surface area contributed by atoms with Crippen LogP contribution in [-0.2, 0) is 6.18 Å². The smallest absolute Gasteiger partial charge is 0.366 e. The van der Waals surface area contributed by atoms with Gasteiger partial charge in [-0.3, -0.25) is 0 Å². The van der Waals surface area contributed by atoms with Crippen LogP contribution < -0.4 is 5.32 Å². The van der Waals surface area contributed by atoms with Gasteiger partial charge in [-0.1, -0.05) is 26.2 Å². The predicted molar refractivity (Wildman–Crippen MR) is 71.3 cm³/mol. The van der Waals surface area contributed by atoms with E-state index in [1.54, 1.807) is 0 Å². The van der Waals surface area contributed by atoms with Crippen LogP contribution in [0.2, 0.25) is 0 Å². The average Bonchev–Trinajstić information content (AvgIpc) is 2.45. The molecule has 2 rings (SSSR count). The Labute approximate surface area is 117 Å². The Hall–Kier alpha value is -1.33. The zero-order valence-electron chi connectivity index (χ0n) is 11.6. The summed E-state index contributed by atoms with van der Waals surface area (Å²) in [7, 11) is 0. The molecule has 1 aliphatic carbocycles. The highest BCUT2D eigenvalue weighted by atomic mass is 19.4. The highest BCUT2D eigenvalue weighted by Crippen LogP contribution is 2.30. The van der Waals surface area contributed by atoms with Crippen molar-refractivity contribution < 1.29 is 13.2 Å². The number of rotatable bonds is 4. The van der Waals surface area contributed by atoms with Crippen LogP contribution in [0, 0.1) is 5.92 Å². The SMILES string of the molecule is CCC(Nc1ccc(C(F)(F)F)nn1)C1CCCCC1. The van der Waals surface area contributed by atoms with Gasteiger partial charge in [0.25, 0.3) is 0 Å². The van der Waals surface area contributed by atoms with Crippen LogP contribution in [0.5, 0.6) is 0 Å². The van der Waals surface area contributed by atoms with Gasteiger partial charge in [0.15, 0.2) is 5.69 Å². The lowest BCUT2D eigenvalue weighted by molar-refractivity contribution is -0.141. The standard InChI is InChI=1S/C14H20F3N3/c1-2-11(10-6-4-3-5-7-10)18-13-9-8-12(19-20-13)14(15,16)17/h8-11H,2-7H2,1H3,(H,18,20). The van der Waals surface area contributed by atoms with Crippen molar-refractivity contribution in [1.29, 1.82) is 0 Å². The zero-order valence-corrected chi connectivity index (χ0v) is 11.6. The van der Waals surface area contributed by atoms with Gasteiger partial charge in [0.2, 0.25) is 0 Å². The Morgan fingerprint density at radius 1 is 1.20 bits per heavy atom. The fourth-order valence-corrected chi connectivity index (χ4v) is 2.84. The van der Waals surface area contributed by atoms with Gasteiger partial charge < -0.3 is 5.32 Å². The van der Waals surface area contributed by atoms with E-state index in [9.17, 15) is 13.2 Å². The third kappa shape index (κ3) is 3.84. The molecular weight excluding hydrogens is 267 g/mol. The molecule has 20 heavy (non-hydrogen) atoms. The molecule has 0 aromatic carbocycles. The number of nitrogens with one attached hydrogen (secondary N) is 1. The summed E-state index contributed by atoms with van der Waals surface area (Å²) >= 11 is 0. The van der Waals surface area contributed by atoms with Gasteiger partial charge in [0.05, 0.1) is 0 Å². The first-order valence-corrected chi connectivity index (χ1v) is 7.18. The van der Waals surface area contributed by atoms with Crippen molar-refractivity contribution >= 4 is 5.82 Å². The average molecular weight is 287 g/mol. The first kappa shape index (κ1) is 15.1. The Morgan fingerprint density at radius 3 is 2.40 bits per heavy atom. The molecule has 1 saturated carbocycles. The number of aromatic nitrogens is 2. The van der Waals surface area contributed by atoms with Crippen LogP contribution in [0.4, 0.5) is 19.0 Å². The van der Waals surface area contributed by atoms with Gasteiger partial charge in [-0.25, -0.2) is 0 Å². The van der Waals surface area contributed by atoms with Crippen LogP contribution in [0.15, 0.2) is 12.1 Å². The third-order valence-electron chi connectivity index (χ3n) is 3.95. The second-order valence-electron chi connectivity index (χ2n) is 5.36. The van der Waals surface area contributed by atoms with Gasteiger partial charge in [0.1, 0.15) is 5.82 Å². The van der Waals surface area contributed by atoms with E-state index in [0.29, 0.717) is 11.7 Å². The lowest BCUT2D eigenvalue weighted by atomic mass is 9.83. The number of hydrogen-bond acceptors (Lipinski definition) is 3. The van der Waals surface area contributed by atoms with Crippen LogP contribution in [0.25, 0.3) is 0 Å². The largest absolute Gasteiger partial charge is 0.435 e. The minimum atomic E-state index is -4.43. The topological polar surface area (TPSA) is 37.8 Å². The summed E-state index contributed by atoms with van der Waals surface area (Å²) in [6.45, 7) is 2.09. The van der Waals surface area contributed by atoms with Gasteiger partial charge in [0, 0.05) is 6.04 Å². The van der Waals surface area contributed by atoms with Gasteiger partial charge >= 0.3 is 6.18 Å². The molecule has 0 amide bonds. The van der Waals surface area contributed by atoms with Gasteiger partial charge in [-0.15, -0.1) is 10.2 Å². The first-order valence-electron chi connectivity index (χ1n) is 7.18. The maximum absolute atomic E-state index is 12.4. The fraction of sp³-hybridized carbons (Fsp3) is 0.714. The molecule has 112 valence electrons. The number of nitrogens with zero attached hydrogens (tertiary/aromatic N) is 2. The van der Waals surface area contributed by atoms with E-state index in [-0.39, 0.29) is 6.04 Å². The van der Waals surface area contributed by atoms with Crippen molar-refractivity contribution in [2.24, 2.45) is 5.92 Å². The van der Waals surface area contributed by atoms with E-state index in [0.717, 1.165) is 12.5 Å². The molecule has 0 saturated heterocycles. The molecule has 0 bridgehead atoms. The molecule has 1 aromatic rings. The fourth-order valence-electron chi connectivity index (χ4n) is 2.84. The second kappa shape index (κ2) is 6.41. The molecule has 0 radical (unpaired) electrons. The van der Waals surface area contributed by atoms with E-state index < -0.39 is 11.9 Å². The van der Waals surface area contributed by atoms with Crippen LogP contribution in [-0.4, -0.2) is 16.2 Å². The highest BCUT2D eigenvalue weighted by Gasteiger charge is 2.33. The van der Waals surface area contributed by atoms with Crippen molar-refractivity contribution in [2.75, 3.05) is 5.32 Å². The molecule has 0 spiro atoms. The summed E-state index contributed by atoms with van der Waals surface area (Å²) in [4.78, 5) is 0. The summed E-state index contributed by atoms with van der Waals surface area (Å²) in [5, 5.41) is 10.1. The van der Waals surface area contributed by atoms with E-state index in [4.69, 9.17) is 0 Å². The molecule has 3 nitrogen and oxygen atoms in total. The molecule has 1 aliphatic rings. The van der Waals surface area contributed by atoms with Gasteiger partial charge in [-0.05, 0) is 37.3 Å². The second-order valence-corrected chi connectivity index (χ2v) is 5.36. The number of hydrogen-bond donors (Lipinski definition) is 1. The Morgan fingerprint density at radius 2 is 1.90 bits per heavy atom. The molecule has 6 heteroatoms. The number of anilines is 1. The summed E-state index contributed by atoms with van der Waals surface area (Å²) < 4.78 is 37.2. The molecule has 1 unspecified atom stereocenters. The van der Waals surface area contributed by atoms with E-state index in [1.165, 1.54) is 38.2 Å². The molecule has 0 aliphatic heterocycles. The monoisotopic (exact) mass is 287 g/mol. The van der Waals surface area contributed by atoms with Crippen molar-refractivity contribution in [2.45, 2.75) is 57.7 Å². The van der Waals surface area contributed by atoms with Crippen molar-refractivity contribution in [3.63, 3.8) is 0 Å². The Kier molecular flexibility index (Phi) is 4.83. The van der Waals surface area contributed by atoms with Crippen LogP contribution in [0.3, 0.4) is 0 Å². The van der Waals surface area contributed by atoms with Crippen molar-refractivity contribution in [3.8, 4) is 0 Å². The lowest BCUT2D eigenvalue weighted by Gasteiger charge is -2.30. The maximum Gasteiger partial charge on any atom is 0.435 e. The maximum atomic E-state index is 12.4. The van der Waals surface area contributed by atoms with E-state index in [1.807, 2.05) is 0 Å². The number of halogens is 3. The van der Waals surface area contributed by atoms with Crippen LogP contribution >= 0.6 is 0 Å². The summed E-state index contributed by atoms with van der Waals surface area (Å²) in [5.41, 5.74) is -0.950. The third-order valence-corrected chi connectivity index (χ3v) is 3.95. The molecule has 1 fully saturated rings. The summed E-state index contributed by atoms with van der Waals surface area (Å²) in [6, 6.07) is 2.60. The molecule has 1 aromatic heterocycles. The predicted octanol–water partition coefficient (Wildman–Crippen LogP) is 4.27. The molecular formula is C14H20F3N3. The lowest BCUT2D eigenvalue weighted by Crippen LogP contribution is -2.30. The van der Waals surface area contributed by atoms with E-state index >= 15 is 0 Å². The number of alkyl halides is 3. The zero-order chi connectivity index (χ0) is 14.6. The summed E-state index contributed by atoms with van der Waals surface area (Å²) in [6.07, 6.45) is 2.63. The minimum Gasteiger partial charge on any atom is -0.366 e. The van der Waals surface area contributed by atoms with Crippen molar-refractivity contribution in [3.05, 3.63) is 17.8 Å². The first-order chi connectivity index (χ1) is 9.50. The Balaban J connectivity index is 2.00. The molecule has 1 N–H and O–H groups in total. The van der Waals surface area contributed by atoms with Gasteiger partial charge in [-0.2, -0.15) is 13.2 Å². The quantitative estimate of drug-likeness (QED) is 0.898. The molecule has 1 atom stereocenters. The Bertz CT molecular complexity index is 411. The van der Waals surface area contributed by atoms with Crippen LogP contribution in [0.1, 0.15) is 51.1 Å². The minimum absolute atomic E-state index is 0.265. The highest BCUT2D eigenvalue weighted by molar-refractivity contribution is 5.34.